The lowest BCUT2D eigenvalue weighted by atomic mass is 10.4. The molecule has 1 heterocycles. The molecule has 9 heteroatoms. The van der Waals surface area contributed by atoms with Crippen LogP contribution in [0.25, 0.3) is 4.85 Å². The zero-order valence-electron chi connectivity index (χ0n) is 13.9. The van der Waals surface area contributed by atoms with Crippen molar-refractivity contribution in [3.8, 4) is 12.1 Å². The molecular formula is C15H24N8O. The number of urea groups is 1. The minimum absolute atomic E-state index is 0.0309. The standard InChI is InChI=1S/C15H24N8O/c1-18-14-22(7-3-17)11-10-21(8-5-19-4-2-16)12-13-23-9-6-20-15(23)24/h19H,4-14H2,(H,20,24). The Morgan fingerprint density at radius 2 is 2.04 bits per heavy atom. The molecular weight excluding hydrogens is 308 g/mol. The van der Waals surface area contributed by atoms with E-state index in [0.29, 0.717) is 39.3 Å². The van der Waals surface area contributed by atoms with Gasteiger partial charge in [-0.05, 0) is 0 Å². The normalized spacial score (nSPS) is 13.6. The summed E-state index contributed by atoms with van der Waals surface area (Å²) in [5.74, 6) is 0. The molecule has 1 saturated heterocycles. The highest BCUT2D eigenvalue weighted by atomic mass is 16.2. The Balaban J connectivity index is 2.43. The molecule has 130 valence electrons. The molecule has 1 fully saturated rings. The fraction of sp³-hybridized carbons (Fsp3) is 0.733. The number of amides is 2. The van der Waals surface area contributed by atoms with Crippen LogP contribution in [0.3, 0.4) is 0 Å². The molecule has 0 spiro atoms. The van der Waals surface area contributed by atoms with Crippen LogP contribution in [0.1, 0.15) is 0 Å². The van der Waals surface area contributed by atoms with Gasteiger partial charge in [0.2, 0.25) is 0 Å². The highest BCUT2D eigenvalue weighted by molar-refractivity contribution is 5.76. The van der Waals surface area contributed by atoms with Gasteiger partial charge in [0.1, 0.15) is 0 Å². The van der Waals surface area contributed by atoms with Crippen molar-refractivity contribution in [2.45, 2.75) is 0 Å². The molecule has 0 aliphatic carbocycles. The van der Waals surface area contributed by atoms with Crippen molar-refractivity contribution < 1.29 is 4.79 Å². The monoisotopic (exact) mass is 332 g/mol. The van der Waals surface area contributed by atoms with Gasteiger partial charge in [-0.1, -0.05) is 0 Å². The van der Waals surface area contributed by atoms with Crippen molar-refractivity contribution >= 4 is 6.03 Å². The van der Waals surface area contributed by atoms with Gasteiger partial charge >= 0.3 is 6.03 Å². The summed E-state index contributed by atoms with van der Waals surface area (Å²) < 4.78 is 0. The third-order valence-corrected chi connectivity index (χ3v) is 3.74. The van der Waals surface area contributed by atoms with Crippen LogP contribution in [0.2, 0.25) is 0 Å². The van der Waals surface area contributed by atoms with Crippen LogP contribution < -0.4 is 10.6 Å². The van der Waals surface area contributed by atoms with Crippen molar-refractivity contribution in [3.05, 3.63) is 11.4 Å². The maximum atomic E-state index is 11.6. The fourth-order valence-corrected chi connectivity index (χ4v) is 2.39. The third kappa shape index (κ3) is 7.75. The van der Waals surface area contributed by atoms with Crippen LogP contribution >= 0.6 is 0 Å². The summed E-state index contributed by atoms with van der Waals surface area (Å²) in [6.45, 7) is 13.2. The lowest BCUT2D eigenvalue weighted by molar-refractivity contribution is 0.190. The van der Waals surface area contributed by atoms with E-state index < -0.39 is 0 Å². The van der Waals surface area contributed by atoms with Gasteiger partial charge < -0.3 is 15.5 Å². The average molecular weight is 332 g/mol. The Morgan fingerprint density at radius 3 is 2.67 bits per heavy atom. The summed E-state index contributed by atoms with van der Waals surface area (Å²) in [5, 5.41) is 23.2. The van der Waals surface area contributed by atoms with E-state index in [4.69, 9.17) is 17.1 Å². The largest absolute Gasteiger partial charge is 0.336 e. The van der Waals surface area contributed by atoms with Gasteiger partial charge in [-0.2, -0.15) is 10.5 Å². The molecule has 2 N–H and O–H groups in total. The first-order valence-corrected chi connectivity index (χ1v) is 7.96. The molecule has 0 bridgehead atoms. The predicted molar refractivity (Wildman–Crippen MR) is 88.5 cm³/mol. The SMILES string of the molecule is [C-]#[N+]CN(CC#N)CCN(CCNCC#N)CCN1CCNC1=O. The summed E-state index contributed by atoms with van der Waals surface area (Å²) in [7, 11) is 0. The molecule has 0 aromatic heterocycles. The Morgan fingerprint density at radius 1 is 1.25 bits per heavy atom. The van der Waals surface area contributed by atoms with E-state index in [1.54, 1.807) is 9.80 Å². The molecule has 1 aliphatic heterocycles. The minimum atomic E-state index is -0.0309. The van der Waals surface area contributed by atoms with Gasteiger partial charge in [0.05, 0.1) is 25.2 Å². The minimum Gasteiger partial charge on any atom is -0.336 e. The summed E-state index contributed by atoms with van der Waals surface area (Å²) in [6, 6.07) is 4.08. The molecule has 1 aliphatic rings. The van der Waals surface area contributed by atoms with E-state index in [2.05, 4.69) is 26.4 Å². The number of hydrogen-bond donors (Lipinski definition) is 2. The van der Waals surface area contributed by atoms with Crippen LogP contribution in [0, 0.1) is 29.2 Å². The highest BCUT2D eigenvalue weighted by Gasteiger charge is 2.20. The molecule has 0 aromatic carbocycles. The fourth-order valence-electron chi connectivity index (χ4n) is 2.39. The van der Waals surface area contributed by atoms with Gasteiger partial charge in [0, 0.05) is 52.4 Å². The van der Waals surface area contributed by atoms with Crippen molar-refractivity contribution in [1.29, 1.82) is 10.5 Å². The average Bonchev–Trinajstić information content (AvgIpc) is 2.98. The molecule has 0 aromatic rings. The summed E-state index contributed by atoms with van der Waals surface area (Å²) in [5.41, 5.74) is 0. The number of nitrogens with one attached hydrogen (secondary N) is 2. The zero-order chi connectivity index (χ0) is 17.6. The molecule has 24 heavy (non-hydrogen) atoms. The first-order chi connectivity index (χ1) is 11.7. The molecule has 0 unspecified atom stereocenters. The summed E-state index contributed by atoms with van der Waals surface area (Å²) in [6.07, 6.45) is 0. The quantitative estimate of drug-likeness (QED) is 0.274. The maximum absolute atomic E-state index is 11.6. The topological polar surface area (TPSA) is 103 Å². The molecule has 0 saturated carbocycles. The van der Waals surface area contributed by atoms with E-state index in [-0.39, 0.29) is 19.2 Å². The molecule has 1 rings (SSSR count). The van der Waals surface area contributed by atoms with Crippen molar-refractivity contribution in [3.63, 3.8) is 0 Å². The summed E-state index contributed by atoms with van der Waals surface area (Å²) >= 11 is 0. The predicted octanol–water partition coefficient (Wildman–Crippen LogP) is -0.871. The van der Waals surface area contributed by atoms with Crippen molar-refractivity contribution in [1.82, 2.24) is 25.3 Å². The second-order valence-corrected chi connectivity index (χ2v) is 5.41. The Labute approximate surface area is 143 Å². The Hall–Kier alpha value is -2.38. The first-order valence-electron chi connectivity index (χ1n) is 7.96. The Bertz CT molecular complexity index is 487. The number of hydrogen-bond acceptors (Lipinski definition) is 6. The van der Waals surface area contributed by atoms with Crippen LogP contribution in [0.15, 0.2) is 0 Å². The van der Waals surface area contributed by atoms with E-state index in [9.17, 15) is 4.79 Å². The van der Waals surface area contributed by atoms with Gasteiger partial charge in [0.25, 0.3) is 6.67 Å². The first kappa shape index (κ1) is 19.7. The van der Waals surface area contributed by atoms with Crippen LogP contribution in [0.5, 0.6) is 0 Å². The molecule has 0 radical (unpaired) electrons. The molecule has 0 atom stereocenters. The van der Waals surface area contributed by atoms with E-state index in [1.807, 2.05) is 6.07 Å². The number of carbonyl (C=O) groups excluding carboxylic acids is 1. The van der Waals surface area contributed by atoms with Crippen LogP contribution in [0.4, 0.5) is 4.79 Å². The lowest BCUT2D eigenvalue weighted by Gasteiger charge is -2.26. The molecule has 9 nitrogen and oxygen atoms in total. The summed E-state index contributed by atoms with van der Waals surface area (Å²) in [4.78, 5) is 20.7. The van der Waals surface area contributed by atoms with Crippen molar-refractivity contribution in [2.24, 2.45) is 0 Å². The van der Waals surface area contributed by atoms with Gasteiger partial charge in [-0.3, -0.25) is 9.74 Å². The number of carbonyl (C=O) groups is 1. The number of nitriles is 2. The van der Waals surface area contributed by atoms with Gasteiger partial charge in [-0.15, -0.1) is 0 Å². The van der Waals surface area contributed by atoms with E-state index in [1.165, 1.54) is 0 Å². The van der Waals surface area contributed by atoms with E-state index in [0.717, 1.165) is 19.6 Å². The Kier molecular flexibility index (Phi) is 9.91. The maximum Gasteiger partial charge on any atom is 0.317 e. The van der Waals surface area contributed by atoms with Gasteiger partial charge in [0.15, 0.2) is 0 Å². The van der Waals surface area contributed by atoms with Gasteiger partial charge in [-0.25, -0.2) is 16.3 Å². The number of nitrogens with zero attached hydrogens (tertiary/aromatic N) is 6. The van der Waals surface area contributed by atoms with Crippen molar-refractivity contribution in [2.75, 3.05) is 72.1 Å². The smallest absolute Gasteiger partial charge is 0.317 e. The second-order valence-electron chi connectivity index (χ2n) is 5.41. The second kappa shape index (κ2) is 12.1. The highest BCUT2D eigenvalue weighted by Crippen LogP contribution is 1.99. The lowest BCUT2D eigenvalue weighted by Crippen LogP contribution is -2.43. The molecule has 2 amide bonds. The third-order valence-electron chi connectivity index (χ3n) is 3.74. The zero-order valence-corrected chi connectivity index (χ0v) is 13.9. The number of rotatable bonds is 12. The van der Waals surface area contributed by atoms with Crippen LogP contribution in [-0.4, -0.2) is 92.8 Å². The van der Waals surface area contributed by atoms with Crippen LogP contribution in [-0.2, 0) is 0 Å². The van der Waals surface area contributed by atoms with E-state index >= 15 is 0 Å².